The van der Waals surface area contributed by atoms with Crippen LogP contribution in [0.15, 0.2) is 48.5 Å². The highest BCUT2D eigenvalue weighted by molar-refractivity contribution is 6.08. The number of ether oxygens (including phenoxy) is 2. The molecule has 1 unspecified atom stereocenters. The van der Waals surface area contributed by atoms with E-state index in [4.69, 9.17) is 9.47 Å². The summed E-state index contributed by atoms with van der Waals surface area (Å²) in [5, 5.41) is 5.60. The van der Waals surface area contributed by atoms with Crippen molar-refractivity contribution in [3.63, 3.8) is 0 Å². The number of hydrogen-bond acceptors (Lipinski definition) is 5. The molecule has 0 aliphatic carbocycles. The number of hydrogen-bond donors (Lipinski definition) is 2. The van der Waals surface area contributed by atoms with Gasteiger partial charge in [0.15, 0.2) is 5.72 Å². The van der Waals surface area contributed by atoms with E-state index in [0.29, 0.717) is 13.2 Å². The van der Waals surface area contributed by atoms with Crippen LogP contribution in [-0.2, 0) is 26.3 Å². The highest BCUT2D eigenvalue weighted by Crippen LogP contribution is 2.55. The van der Waals surface area contributed by atoms with Crippen molar-refractivity contribution in [1.29, 1.82) is 0 Å². The molecule has 2 aliphatic heterocycles. The normalized spacial score (nSPS) is 20.0. The van der Waals surface area contributed by atoms with Crippen molar-refractivity contribution in [2.45, 2.75) is 51.0 Å². The Bertz CT molecular complexity index is 1120. The first kappa shape index (κ1) is 25.0. The number of anilines is 2. The minimum absolute atomic E-state index is 0.0871. The Morgan fingerprint density at radius 1 is 1.20 bits per heavy atom. The third kappa shape index (κ3) is 4.99. The van der Waals surface area contributed by atoms with E-state index in [1.54, 1.807) is 0 Å². The van der Waals surface area contributed by atoms with E-state index in [1.165, 1.54) is 12.5 Å². The maximum atomic E-state index is 12.0. The van der Waals surface area contributed by atoms with Crippen LogP contribution in [0, 0.1) is 0 Å². The summed E-state index contributed by atoms with van der Waals surface area (Å²) in [5.74, 6) is -0.0871. The first-order valence-electron chi connectivity index (χ1n) is 12.3. The van der Waals surface area contributed by atoms with Crippen molar-refractivity contribution in [2.24, 2.45) is 0 Å². The predicted molar refractivity (Wildman–Crippen MR) is 143 cm³/mol. The molecule has 8 heteroatoms. The van der Waals surface area contributed by atoms with E-state index in [-0.39, 0.29) is 24.0 Å². The summed E-state index contributed by atoms with van der Waals surface area (Å²) in [5.41, 5.74) is 4.20. The Morgan fingerprint density at radius 3 is 2.69 bits per heavy atom. The van der Waals surface area contributed by atoms with Crippen molar-refractivity contribution in [3.05, 3.63) is 65.2 Å². The van der Waals surface area contributed by atoms with E-state index >= 15 is 0 Å². The fraction of sp³-hybridized carbons (Fsp3) is 0.407. The van der Waals surface area contributed by atoms with Crippen molar-refractivity contribution in [3.8, 4) is 0 Å². The highest BCUT2D eigenvalue weighted by Gasteiger charge is 2.59. The number of carbonyl (C=O) groups excluding carboxylic acids is 2. The van der Waals surface area contributed by atoms with E-state index in [2.05, 4.69) is 53.7 Å². The van der Waals surface area contributed by atoms with E-state index < -0.39 is 5.72 Å². The number of benzene rings is 2. The predicted octanol–water partition coefficient (Wildman–Crippen LogP) is 3.58. The second kappa shape index (κ2) is 10.3. The van der Waals surface area contributed by atoms with Gasteiger partial charge in [-0.15, -0.1) is 0 Å². The molecule has 2 aromatic carbocycles. The van der Waals surface area contributed by atoms with Gasteiger partial charge in [-0.1, -0.05) is 50.2 Å². The second-order valence-electron chi connectivity index (χ2n) is 9.67. The summed E-state index contributed by atoms with van der Waals surface area (Å²) in [6.07, 6.45) is 4.86. The van der Waals surface area contributed by atoms with Gasteiger partial charge in [0.25, 0.3) is 0 Å². The van der Waals surface area contributed by atoms with Crippen molar-refractivity contribution in [2.75, 3.05) is 29.9 Å². The van der Waals surface area contributed by atoms with E-state index in [0.717, 1.165) is 51.8 Å². The molecule has 186 valence electrons. The topological polar surface area (TPSA) is 79.9 Å². The lowest BCUT2D eigenvalue weighted by atomic mass is 9.77. The van der Waals surface area contributed by atoms with Crippen LogP contribution in [-0.4, -0.2) is 47.7 Å². The van der Waals surface area contributed by atoms with E-state index in [9.17, 15) is 9.59 Å². The van der Waals surface area contributed by atoms with Crippen LogP contribution in [0.3, 0.4) is 0 Å². The second-order valence-corrected chi connectivity index (χ2v) is 10.7. The molecule has 2 N–H and O–H groups in total. The Balaban J connectivity index is 1.53. The molecule has 7 nitrogen and oxygen atoms in total. The first-order valence-corrected chi connectivity index (χ1v) is 13.7. The number of fused-ring (bicyclic) bond motifs is 3. The van der Waals surface area contributed by atoms with Crippen LogP contribution >= 0.6 is 0 Å². The van der Waals surface area contributed by atoms with Gasteiger partial charge in [-0.05, 0) is 47.4 Å². The van der Waals surface area contributed by atoms with E-state index in [1.807, 2.05) is 30.3 Å². The van der Waals surface area contributed by atoms with Gasteiger partial charge >= 0.3 is 6.09 Å². The Morgan fingerprint density at radius 2 is 1.97 bits per heavy atom. The van der Waals surface area contributed by atoms with Crippen molar-refractivity contribution in [1.82, 2.24) is 5.32 Å². The van der Waals surface area contributed by atoms with Crippen LogP contribution in [0.4, 0.5) is 16.2 Å². The minimum Gasteiger partial charge on any atom is -0.445 e. The standard InChI is InChI=1S/C27H35N3O4Si/c1-19(31)29-22-8-5-20(6-9-22)11-12-27-26(2,3)23-10-7-21(17-24(23)30(27)14-15-34-27)18-33-25(32)28-13-4-16-35/h5-12,17H,4,13-16,18H2,1-3,35H3,(H,28,32)(H,29,31)/b12-11+. The van der Waals surface area contributed by atoms with Crippen LogP contribution in [0.25, 0.3) is 6.08 Å². The van der Waals surface area contributed by atoms with Gasteiger partial charge in [0.05, 0.1) is 6.61 Å². The molecule has 4 rings (SSSR count). The average molecular weight is 494 g/mol. The largest absolute Gasteiger partial charge is 0.445 e. The molecular weight excluding hydrogens is 458 g/mol. The zero-order chi connectivity index (χ0) is 25.1. The number of nitrogens with one attached hydrogen (secondary N) is 2. The van der Waals surface area contributed by atoms with Gasteiger partial charge in [-0.2, -0.15) is 0 Å². The lowest BCUT2D eigenvalue weighted by molar-refractivity contribution is -0.114. The molecule has 35 heavy (non-hydrogen) atoms. The fourth-order valence-corrected chi connectivity index (χ4v) is 5.32. The molecule has 2 heterocycles. The van der Waals surface area contributed by atoms with Gasteiger partial charge in [0, 0.05) is 47.0 Å². The lowest BCUT2D eigenvalue weighted by Gasteiger charge is -2.39. The summed E-state index contributed by atoms with van der Waals surface area (Å²) >= 11 is 0. The molecule has 2 aliphatic rings. The molecule has 1 atom stereocenters. The van der Waals surface area contributed by atoms with Crippen LogP contribution < -0.4 is 15.5 Å². The molecule has 0 aromatic heterocycles. The Hall–Kier alpha value is -3.10. The molecule has 0 radical (unpaired) electrons. The van der Waals surface area contributed by atoms with Gasteiger partial charge in [-0.3, -0.25) is 4.79 Å². The van der Waals surface area contributed by atoms with Gasteiger partial charge < -0.3 is 25.0 Å². The third-order valence-corrected chi connectivity index (χ3v) is 7.57. The zero-order valence-electron chi connectivity index (χ0n) is 21.0. The molecule has 0 saturated carbocycles. The van der Waals surface area contributed by atoms with Crippen LogP contribution in [0.2, 0.25) is 6.04 Å². The van der Waals surface area contributed by atoms with Crippen LogP contribution in [0.1, 0.15) is 43.9 Å². The number of amides is 2. The quantitative estimate of drug-likeness (QED) is 0.434. The molecule has 2 amide bonds. The maximum absolute atomic E-state index is 12.0. The smallest absolute Gasteiger partial charge is 0.407 e. The van der Waals surface area contributed by atoms with Gasteiger partial charge in [0.2, 0.25) is 5.91 Å². The van der Waals surface area contributed by atoms with Crippen molar-refractivity contribution >= 4 is 39.7 Å². The SMILES string of the molecule is CC(=O)Nc1ccc(/C=C/C23OCCN2c2cc(COC(=O)NCCC[SiH3])ccc2C3(C)C)cc1. The third-order valence-electron chi connectivity index (χ3n) is 6.86. The average Bonchev–Trinajstić information content (AvgIpc) is 3.34. The van der Waals surface area contributed by atoms with Gasteiger partial charge in [0.1, 0.15) is 6.61 Å². The minimum atomic E-state index is -0.605. The highest BCUT2D eigenvalue weighted by atomic mass is 28.1. The van der Waals surface area contributed by atoms with Crippen LogP contribution in [0.5, 0.6) is 0 Å². The van der Waals surface area contributed by atoms with Crippen molar-refractivity contribution < 1.29 is 19.1 Å². The molecule has 1 fully saturated rings. The fourth-order valence-electron chi connectivity index (χ4n) is 4.97. The molecule has 2 aromatic rings. The summed E-state index contributed by atoms with van der Waals surface area (Å²) < 4.78 is 11.9. The molecular formula is C27H35N3O4Si. The number of nitrogens with zero attached hydrogens (tertiary/aromatic N) is 1. The first-order chi connectivity index (χ1) is 16.8. The lowest BCUT2D eigenvalue weighted by Crippen LogP contribution is -2.51. The number of rotatable bonds is 8. The Kier molecular flexibility index (Phi) is 7.33. The summed E-state index contributed by atoms with van der Waals surface area (Å²) in [6.45, 7) is 8.24. The maximum Gasteiger partial charge on any atom is 0.407 e. The Labute approximate surface area is 210 Å². The number of carbonyl (C=O) groups is 2. The zero-order valence-corrected chi connectivity index (χ0v) is 23.0. The van der Waals surface area contributed by atoms with Gasteiger partial charge in [-0.25, -0.2) is 4.79 Å². The summed E-state index contributed by atoms with van der Waals surface area (Å²) in [6, 6.07) is 15.2. The molecule has 0 bridgehead atoms. The monoisotopic (exact) mass is 493 g/mol. The summed E-state index contributed by atoms with van der Waals surface area (Å²) in [7, 11) is 1.15. The summed E-state index contributed by atoms with van der Waals surface area (Å²) in [4.78, 5) is 25.6. The molecule has 1 saturated heterocycles. The molecule has 0 spiro atoms. The number of alkyl carbamates (subject to hydrolysis) is 1.